The Bertz CT molecular complexity index is 1450. The number of fused-ring (bicyclic) bond motifs is 3. The maximum Gasteiger partial charge on any atom is 0.340 e. The number of ether oxygens (including phenoxy) is 2. The molecule has 2 N–H and O–H groups in total. The van der Waals surface area contributed by atoms with Crippen molar-refractivity contribution >= 4 is 18.1 Å². The minimum absolute atomic E-state index is 0.0352. The van der Waals surface area contributed by atoms with E-state index in [9.17, 15) is 25.4 Å². The van der Waals surface area contributed by atoms with E-state index in [1.807, 2.05) is 20.8 Å². The predicted octanol–water partition coefficient (Wildman–Crippen LogP) is 5.21. The minimum atomic E-state index is -2.16. The summed E-state index contributed by atoms with van der Waals surface area (Å²) in [6.45, 7) is 6.48. The quantitative estimate of drug-likeness (QED) is 0.210. The number of anilines is 1. The molecule has 0 spiro atoms. The number of amides is 1. The SMILES string of the molecule is CCOC1c2ccccc2-c2ccccc21.COC(=O)c1c(NC(NC=O)C(C)C)cccc1C(C#N)(C#N)C#N. The normalized spacial score (nSPS) is 12.2. The molecule has 3 aromatic carbocycles. The zero-order valence-electron chi connectivity index (χ0n) is 23.3. The van der Waals surface area contributed by atoms with E-state index in [2.05, 4.69) is 59.2 Å². The molecule has 0 saturated carbocycles. The highest BCUT2D eigenvalue weighted by Crippen LogP contribution is 2.44. The zero-order valence-corrected chi connectivity index (χ0v) is 23.3. The molecule has 3 aromatic rings. The van der Waals surface area contributed by atoms with Crippen molar-refractivity contribution in [3.05, 3.63) is 89.0 Å². The van der Waals surface area contributed by atoms with Crippen molar-refractivity contribution in [3.8, 4) is 29.3 Å². The Morgan fingerprint density at radius 3 is 1.98 bits per heavy atom. The number of nitriles is 3. The van der Waals surface area contributed by atoms with Gasteiger partial charge in [-0.1, -0.05) is 74.5 Å². The lowest BCUT2D eigenvalue weighted by Gasteiger charge is -2.25. The Kier molecular flexibility index (Phi) is 10.2. The smallest absolute Gasteiger partial charge is 0.340 e. The summed E-state index contributed by atoms with van der Waals surface area (Å²) in [6.07, 6.45) is 0.123. The van der Waals surface area contributed by atoms with Gasteiger partial charge in [0, 0.05) is 12.2 Å². The molecular weight excluding hydrogens is 518 g/mol. The molecule has 1 unspecified atom stereocenters. The van der Waals surface area contributed by atoms with Crippen LogP contribution in [0, 0.1) is 39.9 Å². The third kappa shape index (κ3) is 6.20. The number of esters is 1. The van der Waals surface area contributed by atoms with Gasteiger partial charge in [0.15, 0.2) is 0 Å². The second kappa shape index (κ2) is 13.8. The number of hydrogen-bond donors (Lipinski definition) is 2. The maximum absolute atomic E-state index is 12.3. The van der Waals surface area contributed by atoms with Crippen molar-refractivity contribution in [3.63, 3.8) is 0 Å². The minimum Gasteiger partial charge on any atom is -0.465 e. The van der Waals surface area contributed by atoms with Gasteiger partial charge in [-0.05, 0) is 41.2 Å². The van der Waals surface area contributed by atoms with Crippen LogP contribution in [0.4, 0.5) is 5.69 Å². The Labute approximate surface area is 239 Å². The summed E-state index contributed by atoms with van der Waals surface area (Å²) in [4.78, 5) is 23.1. The van der Waals surface area contributed by atoms with Gasteiger partial charge >= 0.3 is 5.97 Å². The second-order valence-electron chi connectivity index (χ2n) is 9.47. The van der Waals surface area contributed by atoms with Crippen molar-refractivity contribution in [2.45, 2.75) is 38.5 Å². The molecular formula is C32H31N5O4. The van der Waals surface area contributed by atoms with Crippen LogP contribution in [-0.2, 0) is 19.7 Å². The van der Waals surface area contributed by atoms with Crippen LogP contribution in [0.5, 0.6) is 0 Å². The average Bonchev–Trinajstić information content (AvgIpc) is 3.32. The van der Waals surface area contributed by atoms with E-state index >= 15 is 0 Å². The molecule has 0 saturated heterocycles. The molecule has 1 amide bonds. The van der Waals surface area contributed by atoms with Gasteiger partial charge < -0.3 is 20.1 Å². The molecule has 0 fully saturated rings. The third-order valence-corrected chi connectivity index (χ3v) is 6.70. The maximum atomic E-state index is 12.3. The van der Waals surface area contributed by atoms with Gasteiger partial charge in [-0.15, -0.1) is 0 Å². The van der Waals surface area contributed by atoms with Crippen LogP contribution in [0.1, 0.15) is 53.9 Å². The molecule has 0 aliphatic heterocycles. The second-order valence-corrected chi connectivity index (χ2v) is 9.47. The molecule has 0 radical (unpaired) electrons. The number of carbonyl (C=O) groups excluding carboxylic acids is 2. The first-order valence-corrected chi connectivity index (χ1v) is 13.0. The summed E-state index contributed by atoms with van der Waals surface area (Å²) in [5.74, 6) is -0.844. The van der Waals surface area contributed by atoms with E-state index in [1.54, 1.807) is 18.2 Å². The van der Waals surface area contributed by atoms with Crippen LogP contribution in [0.25, 0.3) is 11.1 Å². The predicted molar refractivity (Wildman–Crippen MR) is 153 cm³/mol. The van der Waals surface area contributed by atoms with Gasteiger partial charge in [0.05, 0.1) is 18.4 Å². The Morgan fingerprint density at radius 2 is 1.51 bits per heavy atom. The van der Waals surface area contributed by atoms with Crippen LogP contribution in [0.3, 0.4) is 0 Å². The van der Waals surface area contributed by atoms with Crippen molar-refractivity contribution in [1.29, 1.82) is 15.8 Å². The van der Waals surface area contributed by atoms with Crippen LogP contribution in [0.2, 0.25) is 0 Å². The van der Waals surface area contributed by atoms with Gasteiger partial charge in [0.2, 0.25) is 6.41 Å². The average molecular weight is 550 g/mol. The van der Waals surface area contributed by atoms with Gasteiger partial charge in [-0.3, -0.25) is 4.79 Å². The lowest BCUT2D eigenvalue weighted by Crippen LogP contribution is -2.40. The Balaban J connectivity index is 0.000000245. The first-order valence-electron chi connectivity index (χ1n) is 13.0. The molecule has 1 aliphatic carbocycles. The molecule has 1 atom stereocenters. The molecule has 208 valence electrons. The van der Waals surface area contributed by atoms with Crippen LogP contribution >= 0.6 is 0 Å². The lowest BCUT2D eigenvalue weighted by molar-refractivity contribution is -0.110. The van der Waals surface area contributed by atoms with Crippen molar-refractivity contribution in [2.75, 3.05) is 19.0 Å². The number of benzene rings is 3. The van der Waals surface area contributed by atoms with Gasteiger partial charge in [-0.25, -0.2) is 4.79 Å². The third-order valence-electron chi connectivity index (χ3n) is 6.70. The standard InChI is InChI=1S/C17H17N5O3.C15H14O/c1-11(2)15(21-10-23)22-13-6-4-5-12(14(13)16(24)25-3)17(7-18,8-19)9-20;1-2-16-15-13-9-5-3-7-11(13)12-8-4-6-10-14(12)15/h4-6,10-11,15,22H,1-3H3,(H,21,23);3-10,15H,2H2,1H3. The summed E-state index contributed by atoms with van der Waals surface area (Å²) in [6, 6.07) is 26.3. The highest BCUT2D eigenvalue weighted by Gasteiger charge is 2.38. The summed E-state index contributed by atoms with van der Waals surface area (Å²) in [5.41, 5.74) is 3.12. The van der Waals surface area contributed by atoms with Gasteiger partial charge in [0.25, 0.3) is 5.41 Å². The van der Waals surface area contributed by atoms with E-state index in [-0.39, 0.29) is 28.8 Å². The molecule has 9 nitrogen and oxygen atoms in total. The molecule has 0 heterocycles. The van der Waals surface area contributed by atoms with Crippen molar-refractivity contribution in [1.82, 2.24) is 5.32 Å². The van der Waals surface area contributed by atoms with Gasteiger partial charge in [0.1, 0.15) is 30.5 Å². The van der Waals surface area contributed by atoms with Gasteiger partial charge in [-0.2, -0.15) is 15.8 Å². The first kappa shape index (κ1) is 30.4. The zero-order chi connectivity index (χ0) is 30.0. The number of rotatable bonds is 9. The fourth-order valence-electron chi connectivity index (χ4n) is 4.66. The van der Waals surface area contributed by atoms with Crippen LogP contribution in [0.15, 0.2) is 66.7 Å². The molecule has 4 rings (SSSR count). The summed E-state index contributed by atoms with van der Waals surface area (Å²) < 4.78 is 10.6. The van der Waals surface area contributed by atoms with E-state index in [1.165, 1.54) is 40.5 Å². The van der Waals surface area contributed by atoms with Crippen molar-refractivity contribution in [2.24, 2.45) is 5.92 Å². The largest absolute Gasteiger partial charge is 0.465 e. The highest BCUT2D eigenvalue weighted by atomic mass is 16.5. The molecule has 1 aliphatic rings. The highest BCUT2D eigenvalue weighted by molar-refractivity contribution is 5.98. The Hall–Kier alpha value is -5.17. The van der Waals surface area contributed by atoms with E-state index in [4.69, 9.17) is 9.47 Å². The van der Waals surface area contributed by atoms with E-state index < -0.39 is 17.6 Å². The fourth-order valence-corrected chi connectivity index (χ4v) is 4.66. The number of nitrogens with zero attached hydrogens (tertiary/aromatic N) is 3. The van der Waals surface area contributed by atoms with E-state index in [0.717, 1.165) is 13.7 Å². The molecule has 0 bridgehead atoms. The summed E-state index contributed by atoms with van der Waals surface area (Å²) in [5, 5.41) is 33.5. The van der Waals surface area contributed by atoms with Crippen LogP contribution < -0.4 is 10.6 Å². The number of methoxy groups -OCH3 is 1. The lowest BCUT2D eigenvalue weighted by atomic mass is 9.81. The topological polar surface area (TPSA) is 148 Å². The Morgan fingerprint density at radius 1 is 0.951 bits per heavy atom. The monoisotopic (exact) mass is 549 g/mol. The molecule has 0 aromatic heterocycles. The summed E-state index contributed by atoms with van der Waals surface area (Å²) >= 11 is 0. The molecule has 41 heavy (non-hydrogen) atoms. The number of hydrogen-bond acceptors (Lipinski definition) is 8. The fraction of sp³-hybridized carbons (Fsp3) is 0.281. The number of carbonyl (C=O) groups is 2. The first-order chi connectivity index (χ1) is 19.8. The van der Waals surface area contributed by atoms with Crippen molar-refractivity contribution < 1.29 is 19.1 Å². The van der Waals surface area contributed by atoms with Crippen LogP contribution in [-0.4, -0.2) is 32.3 Å². The number of nitrogens with one attached hydrogen (secondary N) is 2. The summed E-state index contributed by atoms with van der Waals surface area (Å²) in [7, 11) is 1.15. The van der Waals surface area contributed by atoms with E-state index in [0.29, 0.717) is 6.41 Å². The molecule has 9 heteroatoms.